The van der Waals surface area contributed by atoms with Crippen molar-refractivity contribution in [2.45, 2.75) is 19.0 Å². The Hall–Kier alpha value is -2.34. The minimum atomic E-state index is -1.10. The number of esters is 1. The summed E-state index contributed by atoms with van der Waals surface area (Å²) < 4.78 is 9.82. The molecule has 0 aliphatic carbocycles. The van der Waals surface area contributed by atoms with Crippen molar-refractivity contribution in [3.8, 4) is 5.75 Å². The van der Waals surface area contributed by atoms with E-state index in [4.69, 9.17) is 14.6 Å². The van der Waals surface area contributed by atoms with Crippen LogP contribution in [0.4, 0.5) is 0 Å². The Morgan fingerprint density at radius 3 is 2.57 bits per heavy atom. The molecule has 1 aromatic rings. The van der Waals surface area contributed by atoms with Crippen molar-refractivity contribution in [2.75, 3.05) is 13.7 Å². The van der Waals surface area contributed by atoms with Crippen LogP contribution in [-0.2, 0) is 20.9 Å². The molecule has 1 atom stereocenters. The standard InChI is InChI=1S/C15H19NO5/c1-3-8-21-14(17)9-13(15(18)19)16-10-11-4-6-12(20-2)7-5-11/h3-7,13,16H,1,8-10H2,2H3,(H,18,19). The Bertz CT molecular complexity index is 483. The van der Waals surface area contributed by atoms with E-state index in [1.165, 1.54) is 6.08 Å². The highest BCUT2D eigenvalue weighted by Crippen LogP contribution is 2.11. The van der Waals surface area contributed by atoms with Gasteiger partial charge in [-0.25, -0.2) is 0 Å². The van der Waals surface area contributed by atoms with Gasteiger partial charge in [0.2, 0.25) is 0 Å². The lowest BCUT2D eigenvalue weighted by Gasteiger charge is -2.14. The number of nitrogens with one attached hydrogen (secondary N) is 1. The first-order valence-corrected chi connectivity index (χ1v) is 6.42. The molecule has 0 spiro atoms. The maximum Gasteiger partial charge on any atom is 0.321 e. The van der Waals surface area contributed by atoms with Crippen LogP contribution in [0.1, 0.15) is 12.0 Å². The van der Waals surface area contributed by atoms with E-state index in [1.54, 1.807) is 19.2 Å². The van der Waals surface area contributed by atoms with Crippen LogP contribution >= 0.6 is 0 Å². The van der Waals surface area contributed by atoms with Gasteiger partial charge >= 0.3 is 11.9 Å². The lowest BCUT2D eigenvalue weighted by molar-refractivity contribution is -0.148. The van der Waals surface area contributed by atoms with Gasteiger partial charge in [-0.15, -0.1) is 0 Å². The summed E-state index contributed by atoms with van der Waals surface area (Å²) in [6.07, 6.45) is 1.19. The fourth-order valence-electron chi connectivity index (χ4n) is 1.61. The van der Waals surface area contributed by atoms with Crippen LogP contribution in [-0.4, -0.2) is 36.8 Å². The summed E-state index contributed by atoms with van der Waals surface area (Å²) in [6, 6.07) is 6.21. The third-order valence-corrected chi connectivity index (χ3v) is 2.74. The SMILES string of the molecule is C=CCOC(=O)CC(NCc1ccc(OC)cc1)C(=O)O. The van der Waals surface area contributed by atoms with Gasteiger partial charge in [0.25, 0.3) is 0 Å². The molecule has 6 heteroatoms. The summed E-state index contributed by atoms with van der Waals surface area (Å²) in [5, 5.41) is 11.9. The van der Waals surface area contributed by atoms with Crippen LogP contribution in [0.5, 0.6) is 5.75 Å². The monoisotopic (exact) mass is 293 g/mol. The molecular weight excluding hydrogens is 274 g/mol. The Morgan fingerprint density at radius 1 is 1.38 bits per heavy atom. The molecular formula is C15H19NO5. The molecule has 0 saturated carbocycles. The van der Waals surface area contributed by atoms with Crippen molar-refractivity contribution in [2.24, 2.45) is 0 Å². The Kier molecular flexibility index (Phi) is 6.97. The molecule has 1 unspecified atom stereocenters. The number of aliphatic carboxylic acids is 1. The number of rotatable bonds is 9. The van der Waals surface area contributed by atoms with Crippen LogP contribution in [0.25, 0.3) is 0 Å². The van der Waals surface area contributed by atoms with Gasteiger partial charge < -0.3 is 14.6 Å². The van der Waals surface area contributed by atoms with Crippen molar-refractivity contribution in [3.05, 3.63) is 42.5 Å². The number of ether oxygens (including phenoxy) is 2. The van der Waals surface area contributed by atoms with Gasteiger partial charge in [-0.3, -0.25) is 14.9 Å². The van der Waals surface area contributed by atoms with E-state index in [1.807, 2.05) is 12.1 Å². The molecule has 1 aromatic carbocycles. The zero-order chi connectivity index (χ0) is 15.7. The summed E-state index contributed by atoms with van der Waals surface area (Å²) in [7, 11) is 1.57. The van der Waals surface area contributed by atoms with Gasteiger partial charge in [-0.2, -0.15) is 0 Å². The molecule has 0 heterocycles. The van der Waals surface area contributed by atoms with E-state index in [2.05, 4.69) is 11.9 Å². The van der Waals surface area contributed by atoms with Gasteiger partial charge in [0.05, 0.1) is 13.5 Å². The molecule has 0 bridgehead atoms. The maximum absolute atomic E-state index is 11.4. The fourth-order valence-corrected chi connectivity index (χ4v) is 1.61. The lowest BCUT2D eigenvalue weighted by Crippen LogP contribution is -2.38. The number of benzene rings is 1. The molecule has 0 aliphatic heterocycles. The first-order chi connectivity index (χ1) is 10.1. The fraction of sp³-hybridized carbons (Fsp3) is 0.333. The van der Waals surface area contributed by atoms with Crippen molar-refractivity contribution < 1.29 is 24.2 Å². The smallest absolute Gasteiger partial charge is 0.321 e. The first-order valence-electron chi connectivity index (χ1n) is 6.42. The Balaban J connectivity index is 2.51. The van der Waals surface area contributed by atoms with E-state index in [0.29, 0.717) is 6.54 Å². The number of carbonyl (C=O) groups excluding carboxylic acids is 1. The van der Waals surface area contributed by atoms with Gasteiger partial charge in [0.1, 0.15) is 18.4 Å². The molecule has 0 aromatic heterocycles. The molecule has 0 saturated heterocycles. The molecule has 0 radical (unpaired) electrons. The number of hydrogen-bond donors (Lipinski definition) is 2. The van der Waals surface area contributed by atoms with E-state index < -0.39 is 18.0 Å². The van der Waals surface area contributed by atoms with Gasteiger partial charge in [0, 0.05) is 6.54 Å². The second-order valence-electron chi connectivity index (χ2n) is 4.30. The van der Waals surface area contributed by atoms with E-state index >= 15 is 0 Å². The molecule has 21 heavy (non-hydrogen) atoms. The summed E-state index contributed by atoms with van der Waals surface area (Å²) in [4.78, 5) is 22.5. The second kappa shape index (κ2) is 8.76. The van der Waals surface area contributed by atoms with Crippen LogP contribution in [0.3, 0.4) is 0 Å². The van der Waals surface area contributed by atoms with Crippen LogP contribution < -0.4 is 10.1 Å². The number of carbonyl (C=O) groups is 2. The molecule has 114 valence electrons. The van der Waals surface area contributed by atoms with Crippen LogP contribution in [0.15, 0.2) is 36.9 Å². The van der Waals surface area contributed by atoms with E-state index in [-0.39, 0.29) is 13.0 Å². The zero-order valence-electron chi connectivity index (χ0n) is 11.9. The number of carboxylic acid groups (broad SMARTS) is 1. The van der Waals surface area contributed by atoms with Gasteiger partial charge in [-0.1, -0.05) is 24.8 Å². The van der Waals surface area contributed by atoms with Crippen molar-refractivity contribution >= 4 is 11.9 Å². The van der Waals surface area contributed by atoms with Crippen molar-refractivity contribution in [1.29, 1.82) is 0 Å². The second-order valence-corrected chi connectivity index (χ2v) is 4.30. The van der Waals surface area contributed by atoms with Crippen LogP contribution in [0, 0.1) is 0 Å². The maximum atomic E-state index is 11.4. The normalized spacial score (nSPS) is 11.5. The molecule has 2 N–H and O–H groups in total. The van der Waals surface area contributed by atoms with Gasteiger partial charge in [0.15, 0.2) is 0 Å². The number of methoxy groups -OCH3 is 1. The predicted molar refractivity (Wildman–Crippen MR) is 77.0 cm³/mol. The largest absolute Gasteiger partial charge is 0.497 e. The topological polar surface area (TPSA) is 84.9 Å². The Morgan fingerprint density at radius 2 is 2.05 bits per heavy atom. The number of carboxylic acids is 1. The lowest BCUT2D eigenvalue weighted by atomic mass is 10.1. The minimum Gasteiger partial charge on any atom is -0.497 e. The molecule has 0 fully saturated rings. The Labute approximate surface area is 123 Å². The van der Waals surface area contributed by atoms with Crippen molar-refractivity contribution in [1.82, 2.24) is 5.32 Å². The molecule has 1 rings (SSSR count). The third-order valence-electron chi connectivity index (χ3n) is 2.74. The highest BCUT2D eigenvalue weighted by molar-refractivity contribution is 5.81. The molecule has 0 aliphatic rings. The molecule has 0 amide bonds. The zero-order valence-corrected chi connectivity index (χ0v) is 11.9. The number of hydrogen-bond acceptors (Lipinski definition) is 5. The van der Waals surface area contributed by atoms with Gasteiger partial charge in [-0.05, 0) is 17.7 Å². The highest BCUT2D eigenvalue weighted by Gasteiger charge is 2.21. The van der Waals surface area contributed by atoms with Crippen molar-refractivity contribution in [3.63, 3.8) is 0 Å². The predicted octanol–water partition coefficient (Wildman–Crippen LogP) is 1.36. The van der Waals surface area contributed by atoms with E-state index in [9.17, 15) is 9.59 Å². The first kappa shape index (κ1) is 16.7. The quantitative estimate of drug-likeness (QED) is 0.528. The van der Waals surface area contributed by atoms with Crippen LogP contribution in [0.2, 0.25) is 0 Å². The average Bonchev–Trinajstić information content (AvgIpc) is 2.49. The summed E-state index contributed by atoms with van der Waals surface area (Å²) in [6.45, 7) is 3.82. The van der Waals surface area contributed by atoms with E-state index in [0.717, 1.165) is 11.3 Å². The highest BCUT2D eigenvalue weighted by atomic mass is 16.5. The summed E-state index contributed by atoms with van der Waals surface area (Å²) in [5.41, 5.74) is 0.890. The summed E-state index contributed by atoms with van der Waals surface area (Å²) in [5.74, 6) is -0.954. The average molecular weight is 293 g/mol. The molecule has 6 nitrogen and oxygen atoms in total. The summed E-state index contributed by atoms with van der Waals surface area (Å²) >= 11 is 0. The third kappa shape index (κ3) is 6.09. The minimum absolute atomic E-state index is 0.0731.